The fourth-order valence-corrected chi connectivity index (χ4v) is 10.6. The lowest BCUT2D eigenvalue weighted by atomic mass is 9.35. The van der Waals surface area contributed by atoms with E-state index in [0.29, 0.717) is 12.8 Å². The van der Waals surface area contributed by atoms with Crippen molar-refractivity contribution in [2.45, 2.75) is 119 Å². The topological polar surface area (TPSA) is 86.7 Å². The minimum atomic E-state index is -0.629. The van der Waals surface area contributed by atoms with Crippen LogP contribution in [0.15, 0.2) is 11.6 Å². The van der Waals surface area contributed by atoms with Crippen molar-refractivity contribution < 1.29 is 19.6 Å². The Bertz CT molecular complexity index is 1100. The number of rotatable bonds is 2. The maximum Gasteiger partial charge on any atom is 0.251 e. The Morgan fingerprint density at radius 3 is 2.32 bits per heavy atom. The van der Waals surface area contributed by atoms with Gasteiger partial charge in [-0.2, -0.15) is 0 Å². The number of amides is 2. The average Bonchev–Trinajstić information content (AvgIpc) is 2.92. The molecule has 1 heterocycles. The van der Waals surface area contributed by atoms with Crippen LogP contribution in [0.4, 0.5) is 0 Å². The van der Waals surface area contributed by atoms with Gasteiger partial charge >= 0.3 is 0 Å². The molecule has 1 aliphatic heterocycles. The van der Waals surface area contributed by atoms with Gasteiger partial charge in [0.25, 0.3) is 5.91 Å². The first-order valence-electron chi connectivity index (χ1n) is 15.1. The van der Waals surface area contributed by atoms with Crippen molar-refractivity contribution >= 4 is 17.6 Å². The van der Waals surface area contributed by atoms with E-state index in [1.807, 2.05) is 13.0 Å². The Morgan fingerprint density at radius 2 is 1.66 bits per heavy atom. The number of hydroxylamine groups is 2. The minimum absolute atomic E-state index is 0.0584. The van der Waals surface area contributed by atoms with Crippen molar-refractivity contribution in [3.63, 3.8) is 0 Å². The molecular weight excluding hydrogens is 476 g/mol. The van der Waals surface area contributed by atoms with E-state index in [0.717, 1.165) is 50.0 Å². The Hall–Kier alpha value is -1.69. The number of carbonyl (C=O) groups excluding carboxylic acids is 3. The zero-order chi connectivity index (χ0) is 28.1. The second kappa shape index (κ2) is 8.41. The van der Waals surface area contributed by atoms with Gasteiger partial charge in [0.2, 0.25) is 5.91 Å². The van der Waals surface area contributed by atoms with Crippen molar-refractivity contribution in [1.82, 2.24) is 10.4 Å². The summed E-state index contributed by atoms with van der Waals surface area (Å²) in [6, 6.07) is 0. The fourth-order valence-electron chi connectivity index (χ4n) is 10.6. The van der Waals surface area contributed by atoms with Crippen LogP contribution in [-0.2, 0) is 14.4 Å². The van der Waals surface area contributed by atoms with Crippen molar-refractivity contribution in [1.29, 1.82) is 0 Å². The molecule has 5 aliphatic rings. The van der Waals surface area contributed by atoms with Gasteiger partial charge in [0, 0.05) is 29.8 Å². The maximum atomic E-state index is 14.4. The predicted octanol–water partition coefficient (Wildman–Crippen LogP) is 6.07. The summed E-state index contributed by atoms with van der Waals surface area (Å²) < 4.78 is 0. The van der Waals surface area contributed by atoms with Crippen molar-refractivity contribution in [2.24, 2.45) is 44.8 Å². The van der Waals surface area contributed by atoms with E-state index in [1.54, 1.807) is 6.92 Å². The molecule has 0 bridgehead atoms. The molecule has 4 aliphatic carbocycles. The molecule has 38 heavy (non-hydrogen) atoms. The first-order valence-corrected chi connectivity index (χ1v) is 15.1. The highest BCUT2D eigenvalue weighted by molar-refractivity contribution is 5.96. The number of hydrogen-bond donors (Lipinski definition) is 2. The average molecular weight is 527 g/mol. The summed E-state index contributed by atoms with van der Waals surface area (Å²) in [5.41, 5.74) is -0.246. The first-order chi connectivity index (χ1) is 17.5. The third kappa shape index (κ3) is 3.57. The van der Waals surface area contributed by atoms with Crippen LogP contribution in [0, 0.1) is 44.8 Å². The highest BCUT2D eigenvalue weighted by atomic mass is 16.5. The highest BCUT2D eigenvalue weighted by Gasteiger charge is 2.69. The van der Waals surface area contributed by atoms with E-state index in [-0.39, 0.29) is 69.1 Å². The normalized spacial score (nSPS) is 47.8. The lowest BCUT2D eigenvalue weighted by Gasteiger charge is -2.69. The summed E-state index contributed by atoms with van der Waals surface area (Å²) in [5.74, 6) is 0.418. The minimum Gasteiger partial charge on any atom is -0.351 e. The molecule has 1 saturated heterocycles. The Balaban J connectivity index is 1.60. The van der Waals surface area contributed by atoms with Crippen molar-refractivity contribution in [3.8, 4) is 0 Å². The van der Waals surface area contributed by atoms with E-state index in [2.05, 4.69) is 46.9 Å². The summed E-state index contributed by atoms with van der Waals surface area (Å²) in [7, 11) is 0. The lowest BCUT2D eigenvalue weighted by Crippen LogP contribution is -2.66. The van der Waals surface area contributed by atoms with Crippen LogP contribution in [-0.4, -0.2) is 40.0 Å². The maximum absolute atomic E-state index is 14.4. The molecule has 5 rings (SSSR count). The molecule has 212 valence electrons. The van der Waals surface area contributed by atoms with Gasteiger partial charge in [0.15, 0.2) is 5.78 Å². The smallest absolute Gasteiger partial charge is 0.251 e. The third-order valence-corrected chi connectivity index (χ3v) is 13.1. The largest absolute Gasteiger partial charge is 0.351 e. The molecule has 0 unspecified atom stereocenters. The van der Waals surface area contributed by atoms with Crippen LogP contribution in [0.5, 0.6) is 0 Å². The molecule has 0 aromatic carbocycles. The van der Waals surface area contributed by atoms with Gasteiger partial charge in [-0.3, -0.25) is 19.6 Å². The van der Waals surface area contributed by atoms with Crippen molar-refractivity contribution in [3.05, 3.63) is 11.6 Å². The molecule has 8 atom stereocenters. The molecule has 0 aromatic heterocycles. The van der Waals surface area contributed by atoms with Gasteiger partial charge in [-0.1, -0.05) is 40.2 Å². The quantitative estimate of drug-likeness (QED) is 0.338. The molecule has 6 nitrogen and oxygen atoms in total. The number of nitrogens with one attached hydrogen (secondary N) is 1. The Morgan fingerprint density at radius 1 is 1.00 bits per heavy atom. The van der Waals surface area contributed by atoms with E-state index in [4.69, 9.17) is 0 Å². The standard InChI is InChI=1S/C32H50N2O4/c1-9-34(38)26(37)29(5)15-14-28(4)16-17-31(7)20(21(28)19-29)18-22(35)25-30(6)12-11-24(36)33-27(2,3)23(30)10-13-32(25,31)8/h18,21,23,25,38H,9-17,19H2,1-8H3,(H,33,36)/t21-,23-,25+,28+,29-,30-,31+,32+/m0/s1. The third-order valence-electron chi connectivity index (χ3n) is 13.1. The second-order valence-corrected chi connectivity index (χ2v) is 15.5. The SMILES string of the molecule is CCN(O)C(=O)[C@@]1(C)CC[C@]2(C)CC[C@]3(C)C(=CC(=O)[C@@H]4[C@@]5(C)CCC(=O)NC(C)(C)[C@@H]5CC[C@]43C)[C@@H]2C1. The van der Waals surface area contributed by atoms with E-state index in [9.17, 15) is 19.6 Å². The van der Waals surface area contributed by atoms with Crippen LogP contribution in [0.3, 0.4) is 0 Å². The zero-order valence-corrected chi connectivity index (χ0v) is 25.0. The van der Waals surface area contributed by atoms with E-state index in [1.165, 1.54) is 5.57 Å². The number of allylic oxidation sites excluding steroid dienone is 2. The molecule has 0 spiro atoms. The summed E-state index contributed by atoms with van der Waals surface area (Å²) in [5, 5.41) is 14.5. The number of fused-ring (bicyclic) bond motifs is 7. The monoisotopic (exact) mass is 526 g/mol. The van der Waals surface area contributed by atoms with Gasteiger partial charge in [-0.15, -0.1) is 0 Å². The summed E-state index contributed by atoms with van der Waals surface area (Å²) >= 11 is 0. The highest BCUT2D eigenvalue weighted by Crippen LogP contribution is 2.73. The number of nitrogens with zero attached hydrogens (tertiary/aromatic N) is 1. The van der Waals surface area contributed by atoms with Gasteiger partial charge in [0.05, 0.1) is 0 Å². The molecular formula is C32H50N2O4. The number of hydrogen-bond acceptors (Lipinski definition) is 4. The molecule has 0 aromatic rings. The Kier molecular flexibility index (Phi) is 6.16. The molecule has 3 saturated carbocycles. The van der Waals surface area contributed by atoms with Gasteiger partial charge in [-0.05, 0) is 112 Å². The van der Waals surface area contributed by atoms with Gasteiger partial charge in [0.1, 0.15) is 0 Å². The van der Waals surface area contributed by atoms with Gasteiger partial charge in [-0.25, -0.2) is 5.06 Å². The lowest BCUT2D eigenvalue weighted by molar-refractivity contribution is -0.184. The van der Waals surface area contributed by atoms with E-state index < -0.39 is 5.41 Å². The van der Waals surface area contributed by atoms with Gasteiger partial charge < -0.3 is 5.32 Å². The van der Waals surface area contributed by atoms with Crippen LogP contribution in [0.2, 0.25) is 0 Å². The van der Waals surface area contributed by atoms with E-state index >= 15 is 0 Å². The molecule has 2 amide bonds. The summed E-state index contributed by atoms with van der Waals surface area (Å²) in [6.45, 7) is 17.8. The van der Waals surface area contributed by atoms with Crippen LogP contribution in [0.25, 0.3) is 0 Å². The predicted molar refractivity (Wildman–Crippen MR) is 147 cm³/mol. The molecule has 2 N–H and O–H groups in total. The summed E-state index contributed by atoms with van der Waals surface area (Å²) in [4.78, 5) is 40.4. The first kappa shape index (κ1) is 27.9. The fraction of sp³-hybridized carbons (Fsp3) is 0.844. The number of carbonyl (C=O) groups is 3. The molecule has 6 heteroatoms. The van der Waals surface area contributed by atoms with Crippen LogP contribution >= 0.6 is 0 Å². The summed E-state index contributed by atoms with van der Waals surface area (Å²) in [6.07, 6.45) is 9.73. The second-order valence-electron chi connectivity index (χ2n) is 15.5. The Labute approximate surface area is 229 Å². The number of ketones is 1. The van der Waals surface area contributed by atoms with Crippen LogP contribution in [0.1, 0.15) is 113 Å². The zero-order valence-electron chi connectivity index (χ0n) is 25.0. The van der Waals surface area contributed by atoms with Crippen molar-refractivity contribution in [2.75, 3.05) is 6.54 Å². The molecule has 0 radical (unpaired) electrons. The van der Waals surface area contributed by atoms with Crippen LogP contribution < -0.4 is 5.32 Å². The molecule has 4 fully saturated rings.